The summed E-state index contributed by atoms with van der Waals surface area (Å²) in [6.07, 6.45) is -5.68. The molecule has 30 heavy (non-hydrogen) atoms. The highest BCUT2D eigenvalue weighted by molar-refractivity contribution is 8.01. The Labute approximate surface area is 177 Å². The lowest BCUT2D eigenvalue weighted by molar-refractivity contribution is -0.157. The number of hydrogen-bond acceptors (Lipinski definition) is 6. The average molecular weight is 458 g/mol. The van der Waals surface area contributed by atoms with Crippen LogP contribution in [0.4, 0.5) is 24.5 Å². The van der Waals surface area contributed by atoms with Crippen molar-refractivity contribution in [3.05, 3.63) is 34.8 Å². The topological polar surface area (TPSA) is 105 Å². The van der Waals surface area contributed by atoms with Gasteiger partial charge in [0.2, 0.25) is 17.7 Å². The molecule has 1 aliphatic rings. The number of fused-ring (bicyclic) bond motifs is 1. The Morgan fingerprint density at radius 3 is 2.73 bits per heavy atom. The molecule has 0 saturated carbocycles. The molecule has 1 aliphatic heterocycles. The predicted octanol–water partition coefficient (Wildman–Crippen LogP) is 2.88. The van der Waals surface area contributed by atoms with E-state index in [1.165, 1.54) is 18.2 Å². The number of rotatable bonds is 5. The minimum atomic E-state index is -4.79. The van der Waals surface area contributed by atoms with Crippen LogP contribution in [-0.2, 0) is 20.8 Å². The average Bonchev–Trinajstić information content (AvgIpc) is 2.89. The standard InChI is InChI=1S/C18H17F3N4O3S2/c1-9-12(6-14(22)26)30-17(23-9)29-8-16(28)25-11-5-3-2-4-10(11)24-15(27)7-13(25)18(19,20)21/h2-5,13H,6-8H2,1H3,(H2,22,26)(H,24,27). The number of amides is 3. The number of thioether (sulfide) groups is 1. The molecule has 160 valence electrons. The van der Waals surface area contributed by atoms with E-state index in [0.717, 1.165) is 23.1 Å². The van der Waals surface area contributed by atoms with Gasteiger partial charge in [-0.05, 0) is 19.1 Å². The van der Waals surface area contributed by atoms with Gasteiger partial charge in [-0.3, -0.25) is 19.3 Å². The van der Waals surface area contributed by atoms with Gasteiger partial charge in [0.15, 0.2) is 4.34 Å². The van der Waals surface area contributed by atoms with E-state index in [-0.39, 0.29) is 23.5 Å². The van der Waals surface area contributed by atoms with Crippen LogP contribution < -0.4 is 16.0 Å². The maximum atomic E-state index is 13.7. The Kier molecular flexibility index (Phi) is 6.36. The van der Waals surface area contributed by atoms with Crippen LogP contribution in [0.1, 0.15) is 17.0 Å². The van der Waals surface area contributed by atoms with Crippen LogP contribution in [0.3, 0.4) is 0 Å². The molecule has 12 heteroatoms. The number of aryl methyl sites for hydroxylation is 1. The van der Waals surface area contributed by atoms with Crippen LogP contribution in [-0.4, -0.2) is 40.7 Å². The van der Waals surface area contributed by atoms with Crippen molar-refractivity contribution in [2.24, 2.45) is 5.73 Å². The first kappa shape index (κ1) is 22.1. The van der Waals surface area contributed by atoms with E-state index in [2.05, 4.69) is 10.3 Å². The molecule has 7 nitrogen and oxygen atoms in total. The van der Waals surface area contributed by atoms with Gasteiger partial charge in [0.1, 0.15) is 6.04 Å². The smallest absolute Gasteiger partial charge is 0.369 e. The third kappa shape index (κ3) is 4.93. The van der Waals surface area contributed by atoms with Crippen LogP contribution >= 0.6 is 23.1 Å². The number of benzene rings is 1. The second-order valence-electron chi connectivity index (χ2n) is 6.51. The third-order valence-corrected chi connectivity index (χ3v) is 6.59. The zero-order chi connectivity index (χ0) is 22.1. The highest BCUT2D eigenvalue weighted by atomic mass is 32.2. The molecule has 2 heterocycles. The number of halogens is 3. The minimum Gasteiger partial charge on any atom is -0.369 e. The summed E-state index contributed by atoms with van der Waals surface area (Å²) in [6, 6.07) is 3.58. The molecule has 1 atom stereocenters. The Hall–Kier alpha value is -2.60. The lowest BCUT2D eigenvalue weighted by Crippen LogP contribution is -2.50. The van der Waals surface area contributed by atoms with E-state index in [1.54, 1.807) is 13.0 Å². The first-order valence-electron chi connectivity index (χ1n) is 8.71. The number of nitrogens with two attached hydrogens (primary N) is 1. The summed E-state index contributed by atoms with van der Waals surface area (Å²) in [5, 5.41) is 2.42. The Morgan fingerprint density at radius 1 is 1.37 bits per heavy atom. The maximum Gasteiger partial charge on any atom is 0.409 e. The largest absolute Gasteiger partial charge is 0.409 e. The monoisotopic (exact) mass is 458 g/mol. The van der Waals surface area contributed by atoms with Gasteiger partial charge in [0.25, 0.3) is 0 Å². The zero-order valence-corrected chi connectivity index (χ0v) is 17.3. The number of anilines is 2. The van der Waals surface area contributed by atoms with Gasteiger partial charge < -0.3 is 11.1 Å². The molecule has 0 fully saturated rings. The van der Waals surface area contributed by atoms with Gasteiger partial charge in [-0.2, -0.15) is 13.2 Å². The molecule has 2 aromatic rings. The number of para-hydroxylation sites is 2. The number of carbonyl (C=O) groups is 3. The molecule has 0 radical (unpaired) electrons. The molecule has 0 saturated heterocycles. The van der Waals surface area contributed by atoms with Gasteiger partial charge in [-0.15, -0.1) is 11.3 Å². The first-order valence-corrected chi connectivity index (χ1v) is 10.5. The molecular weight excluding hydrogens is 441 g/mol. The van der Waals surface area contributed by atoms with Crippen LogP contribution in [0.2, 0.25) is 0 Å². The molecular formula is C18H17F3N4O3S2. The summed E-state index contributed by atoms with van der Waals surface area (Å²) in [7, 11) is 0. The van der Waals surface area contributed by atoms with Crippen LogP contribution in [0, 0.1) is 6.92 Å². The summed E-state index contributed by atoms with van der Waals surface area (Å²) in [5.74, 6) is -2.48. The normalized spacial score (nSPS) is 16.6. The fraction of sp³-hybridized carbons (Fsp3) is 0.333. The number of primary amides is 1. The highest BCUT2D eigenvalue weighted by Gasteiger charge is 2.48. The van der Waals surface area contributed by atoms with E-state index in [4.69, 9.17) is 5.73 Å². The minimum absolute atomic E-state index is 0.00142. The summed E-state index contributed by atoms with van der Waals surface area (Å²) < 4.78 is 41.6. The Balaban J connectivity index is 1.86. The van der Waals surface area contributed by atoms with Gasteiger partial charge in [-0.25, -0.2) is 4.98 Å². The fourth-order valence-corrected chi connectivity index (χ4v) is 5.08. The number of thiazole rings is 1. The molecule has 1 unspecified atom stereocenters. The van der Waals surface area contributed by atoms with Gasteiger partial charge in [-0.1, -0.05) is 23.9 Å². The van der Waals surface area contributed by atoms with Crippen LogP contribution in [0.15, 0.2) is 28.6 Å². The molecule has 1 aromatic heterocycles. The van der Waals surface area contributed by atoms with E-state index in [9.17, 15) is 27.6 Å². The Bertz CT molecular complexity index is 993. The van der Waals surface area contributed by atoms with Crippen LogP contribution in [0.5, 0.6) is 0 Å². The van der Waals surface area contributed by atoms with Gasteiger partial charge in [0.05, 0.1) is 35.7 Å². The van der Waals surface area contributed by atoms with Crippen molar-refractivity contribution in [3.8, 4) is 0 Å². The number of aromatic nitrogens is 1. The van der Waals surface area contributed by atoms with E-state index in [1.807, 2.05) is 0 Å². The first-order chi connectivity index (χ1) is 14.1. The summed E-state index contributed by atoms with van der Waals surface area (Å²) in [6.45, 7) is 1.68. The second-order valence-corrected chi connectivity index (χ2v) is 8.82. The lowest BCUT2D eigenvalue weighted by Gasteiger charge is -2.31. The van der Waals surface area contributed by atoms with Crippen molar-refractivity contribution in [2.75, 3.05) is 16.0 Å². The molecule has 0 spiro atoms. The number of nitrogens with zero attached hydrogens (tertiary/aromatic N) is 2. The van der Waals surface area contributed by atoms with Crippen molar-refractivity contribution < 1.29 is 27.6 Å². The number of nitrogens with one attached hydrogen (secondary N) is 1. The van der Waals surface area contributed by atoms with Crippen molar-refractivity contribution in [1.82, 2.24) is 4.98 Å². The number of alkyl halides is 3. The van der Waals surface area contributed by atoms with Gasteiger partial charge >= 0.3 is 6.18 Å². The summed E-state index contributed by atoms with van der Waals surface area (Å²) >= 11 is 2.14. The van der Waals surface area contributed by atoms with E-state index >= 15 is 0 Å². The molecule has 3 N–H and O–H groups in total. The van der Waals surface area contributed by atoms with E-state index in [0.29, 0.717) is 19.8 Å². The summed E-state index contributed by atoms with van der Waals surface area (Å²) in [4.78, 5) is 41.5. The molecule has 3 rings (SSSR count). The molecule has 0 aliphatic carbocycles. The Morgan fingerprint density at radius 2 is 2.07 bits per heavy atom. The van der Waals surface area contributed by atoms with Crippen molar-refractivity contribution >= 4 is 52.2 Å². The number of hydrogen-bond donors (Lipinski definition) is 2. The molecule has 0 bridgehead atoms. The van der Waals surface area contributed by atoms with Crippen LogP contribution in [0.25, 0.3) is 0 Å². The second kappa shape index (κ2) is 8.64. The van der Waals surface area contributed by atoms with E-state index < -0.39 is 36.4 Å². The third-order valence-electron chi connectivity index (χ3n) is 4.30. The zero-order valence-electron chi connectivity index (χ0n) is 15.7. The lowest BCUT2D eigenvalue weighted by atomic mass is 10.1. The maximum absolute atomic E-state index is 13.7. The highest BCUT2D eigenvalue weighted by Crippen LogP contribution is 2.38. The molecule has 3 amide bonds. The van der Waals surface area contributed by atoms with Crippen molar-refractivity contribution in [1.29, 1.82) is 0 Å². The van der Waals surface area contributed by atoms with Crippen molar-refractivity contribution in [3.63, 3.8) is 0 Å². The SMILES string of the molecule is Cc1nc(SCC(=O)N2c3ccccc3NC(=O)CC2C(F)(F)F)sc1CC(N)=O. The van der Waals surface area contributed by atoms with Gasteiger partial charge in [0, 0.05) is 4.88 Å². The predicted molar refractivity (Wildman–Crippen MR) is 107 cm³/mol. The summed E-state index contributed by atoms with van der Waals surface area (Å²) in [5.41, 5.74) is 5.89. The quantitative estimate of drug-likeness (QED) is 0.671. The number of carbonyl (C=O) groups excluding carboxylic acids is 3. The fourth-order valence-electron chi connectivity index (χ4n) is 2.97. The van der Waals surface area contributed by atoms with Crippen molar-refractivity contribution in [2.45, 2.75) is 36.3 Å². The molecule has 1 aromatic carbocycles.